The molecule has 0 heterocycles. The fourth-order valence-electron chi connectivity index (χ4n) is 0. The molecule has 0 aromatic carbocycles. The van der Waals surface area contributed by atoms with Crippen LogP contribution in [0, 0.1) is 0 Å². The Balaban J connectivity index is 0. The minimum absolute atomic E-state index is 0. The summed E-state index contributed by atoms with van der Waals surface area (Å²) in [5.74, 6) is 0. The van der Waals surface area contributed by atoms with Crippen molar-refractivity contribution in [2.75, 3.05) is 0 Å². The van der Waals surface area contributed by atoms with Gasteiger partial charge in [-0.2, -0.15) is 0 Å². The third-order valence-corrected chi connectivity index (χ3v) is 0. The third kappa shape index (κ3) is 60.8. The van der Waals surface area contributed by atoms with E-state index in [1.807, 2.05) is 0 Å². The molecule has 0 rings (SSSR count). The van der Waals surface area contributed by atoms with Gasteiger partial charge in [0, 0.05) is 0 Å². The fraction of sp³-hybridized carbons (Fsp3) is 0. The zero-order valence-electron chi connectivity index (χ0n) is 4.47. The Bertz CT molecular complexity index is 10.4. The standard InChI is InChI=1S/Al.5ClH.2Li/h;5*1H;;/q+3;;;;;;2*+1/p-5. The fourth-order valence-corrected chi connectivity index (χ4v) is 0. The quantitative estimate of drug-likeness (QED) is 0.354. The van der Waals surface area contributed by atoms with Crippen molar-refractivity contribution in [2.45, 2.75) is 0 Å². The molecule has 0 amide bonds. The van der Waals surface area contributed by atoms with Gasteiger partial charge in [0.15, 0.2) is 0 Å². The van der Waals surface area contributed by atoms with Crippen LogP contribution in [-0.2, 0) is 0 Å². The number of hydrogen-bond donors (Lipinski definition) is 0. The minimum Gasteiger partial charge on any atom is -1.00 e. The zero-order valence-corrected chi connectivity index (χ0v) is 9.40. The number of rotatable bonds is 0. The maximum atomic E-state index is 0. The second-order valence-corrected chi connectivity index (χ2v) is 0. The van der Waals surface area contributed by atoms with E-state index in [-0.39, 0.29) is 117 Å². The maximum absolute atomic E-state index is 0. The van der Waals surface area contributed by atoms with Crippen molar-refractivity contribution in [1.82, 2.24) is 0 Å². The van der Waals surface area contributed by atoms with Gasteiger partial charge in [0.25, 0.3) is 0 Å². The van der Waals surface area contributed by atoms with Crippen molar-refractivity contribution < 1.29 is 99.8 Å². The van der Waals surface area contributed by atoms with Gasteiger partial charge in [-0.1, -0.05) is 0 Å². The van der Waals surface area contributed by atoms with Crippen molar-refractivity contribution >= 4 is 17.4 Å². The monoisotopic (exact) mass is 216 g/mol. The molecule has 0 bridgehead atoms. The molecule has 0 aromatic heterocycles. The second kappa shape index (κ2) is 84.9. The van der Waals surface area contributed by atoms with E-state index in [9.17, 15) is 0 Å². The molecule has 0 aliphatic rings. The summed E-state index contributed by atoms with van der Waals surface area (Å²) in [5.41, 5.74) is 0. The van der Waals surface area contributed by atoms with Crippen molar-refractivity contribution in [3.05, 3.63) is 0 Å². The first-order valence-corrected chi connectivity index (χ1v) is 0. The van der Waals surface area contributed by atoms with Crippen LogP contribution in [0.15, 0.2) is 0 Å². The van der Waals surface area contributed by atoms with Crippen molar-refractivity contribution in [1.29, 1.82) is 0 Å². The molecule has 0 fully saturated rings. The van der Waals surface area contributed by atoms with Crippen LogP contribution in [0.25, 0.3) is 0 Å². The van der Waals surface area contributed by atoms with Gasteiger partial charge in [-0.25, -0.2) is 0 Å². The van der Waals surface area contributed by atoms with E-state index < -0.39 is 0 Å². The molecular weight excluding hydrogens is 218 g/mol. The predicted octanol–water partition coefficient (Wildman–Crippen LogP) is -21.4. The summed E-state index contributed by atoms with van der Waals surface area (Å²) in [7, 11) is 0. The van der Waals surface area contributed by atoms with Crippen LogP contribution in [0.2, 0.25) is 0 Å². The van der Waals surface area contributed by atoms with Crippen molar-refractivity contribution in [2.24, 2.45) is 0 Å². The summed E-state index contributed by atoms with van der Waals surface area (Å²) in [6, 6.07) is 0. The molecule has 8 heteroatoms. The summed E-state index contributed by atoms with van der Waals surface area (Å²) in [4.78, 5) is 0. The maximum Gasteiger partial charge on any atom is 3.00 e. The molecule has 0 spiro atoms. The van der Waals surface area contributed by atoms with Crippen LogP contribution in [0.5, 0.6) is 0 Å². The third-order valence-electron chi connectivity index (χ3n) is 0. The van der Waals surface area contributed by atoms with Crippen LogP contribution in [-0.4, -0.2) is 17.4 Å². The summed E-state index contributed by atoms with van der Waals surface area (Å²) in [6.07, 6.45) is 0. The van der Waals surface area contributed by atoms with Gasteiger partial charge >= 0.3 is 55.1 Å². The molecule has 0 N–H and O–H groups in total. The predicted molar refractivity (Wildman–Crippen MR) is 5.75 cm³/mol. The van der Waals surface area contributed by atoms with E-state index >= 15 is 0 Å². The van der Waals surface area contributed by atoms with Gasteiger partial charge in [0.2, 0.25) is 0 Å². The molecule has 0 aliphatic heterocycles. The first kappa shape index (κ1) is 115. The summed E-state index contributed by atoms with van der Waals surface area (Å²) in [6.45, 7) is 0. The van der Waals surface area contributed by atoms with Crippen molar-refractivity contribution in [3.63, 3.8) is 0 Å². The topological polar surface area (TPSA) is 0 Å². The number of hydrogen-bond acceptors (Lipinski definition) is 0. The Kier molecular flexibility index (Phi) is 1220. The average Bonchev–Trinajstić information content (AvgIpc) is 0. The number of halogens is 5. The summed E-state index contributed by atoms with van der Waals surface area (Å²) < 4.78 is 0. The van der Waals surface area contributed by atoms with Gasteiger partial charge in [0.1, 0.15) is 0 Å². The van der Waals surface area contributed by atoms with E-state index in [0.29, 0.717) is 0 Å². The smallest absolute Gasteiger partial charge is 1.00 e. The van der Waals surface area contributed by atoms with E-state index in [0.717, 1.165) is 0 Å². The van der Waals surface area contributed by atoms with Gasteiger partial charge in [0.05, 0.1) is 0 Å². The minimum atomic E-state index is 0. The average molecular weight is 218 g/mol. The molecule has 8 heavy (non-hydrogen) atoms. The van der Waals surface area contributed by atoms with E-state index in [1.165, 1.54) is 0 Å². The van der Waals surface area contributed by atoms with Crippen molar-refractivity contribution in [3.8, 4) is 0 Å². The van der Waals surface area contributed by atoms with Crippen LogP contribution in [0.4, 0.5) is 0 Å². The molecule has 0 radical (unpaired) electrons. The molecule has 0 nitrogen and oxygen atoms in total. The molecule has 0 atom stereocenters. The van der Waals surface area contributed by atoms with Crippen LogP contribution in [0.3, 0.4) is 0 Å². The molecule has 0 unspecified atom stereocenters. The second-order valence-electron chi connectivity index (χ2n) is 0. The van der Waals surface area contributed by atoms with E-state index in [2.05, 4.69) is 0 Å². The van der Waals surface area contributed by atoms with Gasteiger partial charge in [-0.15, -0.1) is 0 Å². The molecule has 0 aliphatic carbocycles. The van der Waals surface area contributed by atoms with Crippen LogP contribution >= 0.6 is 0 Å². The molecular formula is AlCl5Li2. The van der Waals surface area contributed by atoms with Crippen LogP contribution < -0.4 is 99.8 Å². The Labute approximate surface area is 116 Å². The summed E-state index contributed by atoms with van der Waals surface area (Å²) >= 11 is 0. The molecule has 40 valence electrons. The zero-order chi connectivity index (χ0) is 0. The Morgan fingerprint density at radius 2 is 0.375 bits per heavy atom. The van der Waals surface area contributed by atoms with Gasteiger partial charge < -0.3 is 62.0 Å². The first-order valence-electron chi connectivity index (χ1n) is 0. The van der Waals surface area contributed by atoms with E-state index in [4.69, 9.17) is 0 Å². The Morgan fingerprint density at radius 3 is 0.375 bits per heavy atom. The summed E-state index contributed by atoms with van der Waals surface area (Å²) in [5, 5.41) is 0. The van der Waals surface area contributed by atoms with Gasteiger partial charge in [-0.3, -0.25) is 0 Å². The SMILES string of the molecule is [Al+3].[Cl-].[Cl-].[Cl-].[Cl-].[Cl-].[Li+].[Li+]. The van der Waals surface area contributed by atoms with Crippen LogP contribution in [0.1, 0.15) is 0 Å². The Hall–Kier alpha value is 3.18. The molecule has 0 aromatic rings. The first-order chi connectivity index (χ1) is 0. The molecule has 0 saturated carbocycles. The largest absolute Gasteiger partial charge is 3.00 e. The molecule has 0 saturated heterocycles. The van der Waals surface area contributed by atoms with E-state index in [1.54, 1.807) is 0 Å². The normalized spacial score (nSPS) is 0. The van der Waals surface area contributed by atoms with Gasteiger partial charge in [-0.05, 0) is 0 Å². The Morgan fingerprint density at radius 1 is 0.375 bits per heavy atom.